The highest BCUT2D eigenvalue weighted by Gasteiger charge is 2.13. The number of rotatable bonds is 3. The highest BCUT2D eigenvalue weighted by atomic mass is 79.9. The van der Waals surface area contributed by atoms with Crippen molar-refractivity contribution in [3.63, 3.8) is 0 Å². The molecule has 1 aromatic heterocycles. The van der Waals surface area contributed by atoms with Crippen LogP contribution in [0.5, 0.6) is 0 Å². The summed E-state index contributed by atoms with van der Waals surface area (Å²) in [6, 6.07) is 10.3. The lowest BCUT2D eigenvalue weighted by atomic mass is 10.0. The zero-order chi connectivity index (χ0) is 12.4. The first kappa shape index (κ1) is 13.1. The van der Waals surface area contributed by atoms with E-state index in [0.29, 0.717) is 0 Å². The van der Waals surface area contributed by atoms with Gasteiger partial charge in [0.25, 0.3) is 0 Å². The lowest BCUT2D eigenvalue weighted by Gasteiger charge is -2.10. The molecule has 1 atom stereocenters. The number of aryl methyl sites for hydroxylation is 1. The molecule has 0 aliphatic carbocycles. The third-order valence-electron chi connectivity index (χ3n) is 2.72. The molecule has 0 saturated carbocycles. The van der Waals surface area contributed by atoms with Crippen LogP contribution < -0.4 is 5.73 Å². The summed E-state index contributed by atoms with van der Waals surface area (Å²) in [6.07, 6.45) is 1.05. The topological polar surface area (TPSA) is 26.0 Å². The van der Waals surface area contributed by atoms with E-state index in [2.05, 4.69) is 47.1 Å². The maximum absolute atomic E-state index is 6.22. The molecule has 0 saturated heterocycles. The lowest BCUT2D eigenvalue weighted by Crippen LogP contribution is -2.09. The van der Waals surface area contributed by atoms with Gasteiger partial charge >= 0.3 is 0 Å². The molecule has 0 bridgehead atoms. The van der Waals surface area contributed by atoms with Gasteiger partial charge in [-0.3, -0.25) is 0 Å². The molecule has 2 aromatic rings. The summed E-state index contributed by atoms with van der Waals surface area (Å²) in [5.41, 5.74) is 8.66. The molecule has 0 aliphatic rings. The number of hydrogen-bond donors (Lipinski definition) is 1. The summed E-state index contributed by atoms with van der Waals surface area (Å²) in [5.74, 6) is 0. The number of hydrogen-bond acceptors (Lipinski definition) is 2. The molecule has 1 nitrogen and oxygen atoms in total. The molecule has 2 N–H and O–H groups in total. The molecule has 1 aromatic carbocycles. The zero-order valence-corrected chi connectivity index (χ0v) is 12.6. The van der Waals surface area contributed by atoms with Crippen molar-refractivity contribution in [3.8, 4) is 0 Å². The Bertz CT molecular complexity index is 487. The van der Waals surface area contributed by atoms with E-state index in [1.165, 1.54) is 16.9 Å². The van der Waals surface area contributed by atoms with Gasteiger partial charge in [0, 0.05) is 9.35 Å². The number of halogens is 2. The fraction of sp³-hybridized carbons (Fsp3) is 0.231. The van der Waals surface area contributed by atoms with Gasteiger partial charge in [-0.15, -0.1) is 11.3 Å². The Labute approximate surface area is 119 Å². The Kier molecular flexibility index (Phi) is 4.26. The van der Waals surface area contributed by atoms with Gasteiger partial charge in [0.2, 0.25) is 0 Å². The van der Waals surface area contributed by atoms with Gasteiger partial charge < -0.3 is 5.73 Å². The molecule has 17 heavy (non-hydrogen) atoms. The average Bonchev–Trinajstić information content (AvgIpc) is 2.69. The molecule has 0 spiro atoms. The third kappa shape index (κ3) is 2.91. The Hall–Kier alpha value is -0.350. The third-order valence-corrected chi connectivity index (χ3v) is 5.28. The quantitative estimate of drug-likeness (QED) is 0.861. The van der Waals surface area contributed by atoms with Crippen LogP contribution in [0.2, 0.25) is 4.34 Å². The first-order valence-corrected chi connectivity index (χ1v) is 7.39. The maximum Gasteiger partial charge on any atom is 0.107 e. The van der Waals surface area contributed by atoms with E-state index >= 15 is 0 Å². The van der Waals surface area contributed by atoms with E-state index in [4.69, 9.17) is 17.3 Å². The summed E-state index contributed by atoms with van der Waals surface area (Å²) >= 11 is 10.9. The molecular weight excluding hydrogens is 318 g/mol. The normalized spacial score (nSPS) is 12.7. The Morgan fingerprint density at radius 2 is 2.00 bits per heavy atom. The van der Waals surface area contributed by atoms with E-state index in [1.54, 1.807) is 0 Å². The van der Waals surface area contributed by atoms with E-state index in [1.807, 2.05) is 6.07 Å². The molecule has 0 aliphatic heterocycles. The lowest BCUT2D eigenvalue weighted by molar-refractivity contribution is 0.891. The second-order valence-corrected chi connectivity index (χ2v) is 6.38. The maximum atomic E-state index is 6.22. The summed E-state index contributed by atoms with van der Waals surface area (Å²) in [7, 11) is 0. The van der Waals surface area contributed by atoms with Crippen LogP contribution in [0.1, 0.15) is 29.0 Å². The van der Waals surface area contributed by atoms with Crippen LogP contribution in [-0.2, 0) is 6.42 Å². The van der Waals surface area contributed by atoms with Crippen molar-refractivity contribution < 1.29 is 0 Å². The van der Waals surface area contributed by atoms with Crippen LogP contribution in [0.4, 0.5) is 0 Å². The van der Waals surface area contributed by atoms with Gasteiger partial charge in [-0.05, 0) is 39.5 Å². The van der Waals surface area contributed by atoms with Crippen LogP contribution in [0.3, 0.4) is 0 Å². The van der Waals surface area contributed by atoms with Crippen LogP contribution in [0, 0.1) is 0 Å². The van der Waals surface area contributed by atoms with Crippen molar-refractivity contribution in [1.29, 1.82) is 0 Å². The van der Waals surface area contributed by atoms with Gasteiger partial charge in [0.05, 0.1) is 6.04 Å². The van der Waals surface area contributed by atoms with Crippen LogP contribution >= 0.6 is 38.9 Å². The number of benzene rings is 1. The highest BCUT2D eigenvalue weighted by Crippen LogP contribution is 2.36. The smallest absolute Gasteiger partial charge is 0.107 e. The minimum atomic E-state index is -0.102. The van der Waals surface area contributed by atoms with E-state index in [9.17, 15) is 0 Å². The molecule has 90 valence electrons. The molecule has 1 unspecified atom stereocenters. The van der Waals surface area contributed by atoms with Gasteiger partial charge in [-0.2, -0.15) is 0 Å². The van der Waals surface area contributed by atoms with Crippen molar-refractivity contribution in [2.24, 2.45) is 5.73 Å². The van der Waals surface area contributed by atoms with Crippen LogP contribution in [0.25, 0.3) is 0 Å². The number of thiophene rings is 1. The first-order chi connectivity index (χ1) is 8.11. The SMILES string of the molecule is CCc1ccc(C(N)c2cc(Br)c(Cl)s2)cc1. The molecule has 1 heterocycles. The number of nitrogens with two attached hydrogens (primary N) is 1. The van der Waals surface area contributed by atoms with E-state index < -0.39 is 0 Å². The highest BCUT2D eigenvalue weighted by molar-refractivity contribution is 9.10. The molecule has 0 fully saturated rings. The standard InChI is InChI=1S/C13H13BrClNS/c1-2-8-3-5-9(6-4-8)12(16)11-7-10(14)13(15)17-11/h3-7,12H,2,16H2,1H3. The van der Waals surface area contributed by atoms with E-state index in [-0.39, 0.29) is 6.04 Å². The molecule has 0 amide bonds. The molecule has 2 rings (SSSR count). The van der Waals surface area contributed by atoms with Gasteiger partial charge in [-0.25, -0.2) is 0 Å². The van der Waals surface area contributed by atoms with E-state index in [0.717, 1.165) is 25.7 Å². The van der Waals surface area contributed by atoms with Gasteiger partial charge in [-0.1, -0.05) is 42.8 Å². The second kappa shape index (κ2) is 5.53. The van der Waals surface area contributed by atoms with Crippen LogP contribution in [-0.4, -0.2) is 0 Å². The fourth-order valence-electron chi connectivity index (χ4n) is 1.64. The Morgan fingerprint density at radius 1 is 1.35 bits per heavy atom. The summed E-state index contributed by atoms with van der Waals surface area (Å²) in [5, 5.41) is 0. The Balaban J connectivity index is 2.26. The molecule has 4 heteroatoms. The Morgan fingerprint density at radius 3 is 2.47 bits per heavy atom. The fourth-order valence-corrected chi connectivity index (χ4v) is 3.41. The summed E-state index contributed by atoms with van der Waals surface area (Å²) in [4.78, 5) is 1.08. The van der Waals surface area contributed by atoms with Gasteiger partial charge in [0.1, 0.15) is 4.34 Å². The second-order valence-electron chi connectivity index (χ2n) is 3.84. The molecule has 0 radical (unpaired) electrons. The predicted molar refractivity (Wildman–Crippen MR) is 78.9 cm³/mol. The van der Waals surface area contributed by atoms with Crippen molar-refractivity contribution >= 4 is 38.9 Å². The monoisotopic (exact) mass is 329 g/mol. The minimum absolute atomic E-state index is 0.102. The first-order valence-electron chi connectivity index (χ1n) is 5.41. The predicted octanol–water partition coefficient (Wildman–Crippen LogP) is 4.77. The van der Waals surface area contributed by atoms with Crippen molar-refractivity contribution in [2.45, 2.75) is 19.4 Å². The largest absolute Gasteiger partial charge is 0.320 e. The van der Waals surface area contributed by atoms with Crippen molar-refractivity contribution in [1.82, 2.24) is 0 Å². The average molecular weight is 331 g/mol. The summed E-state index contributed by atoms with van der Waals surface area (Å²) < 4.78 is 1.67. The van der Waals surface area contributed by atoms with Gasteiger partial charge in [0.15, 0.2) is 0 Å². The van der Waals surface area contributed by atoms with Crippen molar-refractivity contribution in [2.75, 3.05) is 0 Å². The summed E-state index contributed by atoms with van der Waals surface area (Å²) in [6.45, 7) is 2.14. The minimum Gasteiger partial charge on any atom is -0.320 e. The molecular formula is C13H13BrClNS. The van der Waals surface area contributed by atoms with Crippen LogP contribution in [0.15, 0.2) is 34.8 Å². The zero-order valence-electron chi connectivity index (χ0n) is 9.41. The van der Waals surface area contributed by atoms with Crippen molar-refractivity contribution in [3.05, 3.63) is 55.1 Å².